The molecule has 0 aliphatic rings. The highest BCUT2D eigenvalue weighted by Gasteiger charge is 2.15. The quantitative estimate of drug-likeness (QED) is 0.262. The van der Waals surface area contributed by atoms with Crippen molar-refractivity contribution in [2.45, 2.75) is 33.4 Å². The molecule has 0 atom stereocenters. The van der Waals surface area contributed by atoms with Gasteiger partial charge in [0, 0.05) is 34.4 Å². The molecule has 3 aromatic carbocycles. The van der Waals surface area contributed by atoms with E-state index >= 15 is 0 Å². The molecule has 34 heavy (non-hydrogen) atoms. The number of benzene rings is 3. The zero-order valence-electron chi connectivity index (χ0n) is 19.3. The standard InChI is InChI=1S/C26H27BrCl2N2O3/c1-16(2)11-25(32)31-19-6-4-5-18(13-19)30-14-20-21(27)8-10-24(33-3)26(20)34-15-17-7-9-22(28)23(29)12-17/h4-10,12-13,16,30H,11,14-15H2,1-3H3,(H,31,32). The fourth-order valence-electron chi connectivity index (χ4n) is 3.33. The lowest BCUT2D eigenvalue weighted by Gasteiger charge is -2.18. The smallest absolute Gasteiger partial charge is 0.224 e. The number of carbonyl (C=O) groups is 1. The van der Waals surface area contributed by atoms with Crippen LogP contribution in [0.1, 0.15) is 31.4 Å². The molecule has 0 saturated carbocycles. The van der Waals surface area contributed by atoms with Crippen molar-refractivity contribution in [1.29, 1.82) is 0 Å². The lowest BCUT2D eigenvalue weighted by Crippen LogP contribution is -2.14. The minimum absolute atomic E-state index is 0.000629. The lowest BCUT2D eigenvalue weighted by molar-refractivity contribution is -0.116. The second-order valence-electron chi connectivity index (χ2n) is 8.17. The molecule has 0 spiro atoms. The Kier molecular flexibility index (Phi) is 9.51. The molecule has 0 fully saturated rings. The Morgan fingerprint density at radius 1 is 1.03 bits per heavy atom. The Hall–Kier alpha value is -2.41. The van der Waals surface area contributed by atoms with Crippen molar-refractivity contribution in [3.05, 3.63) is 80.2 Å². The van der Waals surface area contributed by atoms with Gasteiger partial charge in [-0.2, -0.15) is 0 Å². The maximum Gasteiger partial charge on any atom is 0.224 e. The second-order valence-corrected chi connectivity index (χ2v) is 9.84. The maximum atomic E-state index is 12.1. The molecule has 0 saturated heterocycles. The third-order valence-electron chi connectivity index (χ3n) is 4.96. The molecule has 1 amide bonds. The van der Waals surface area contributed by atoms with Crippen LogP contribution in [0.5, 0.6) is 11.5 Å². The number of amides is 1. The zero-order chi connectivity index (χ0) is 24.7. The Bertz CT molecular complexity index is 1150. The normalized spacial score (nSPS) is 10.8. The van der Waals surface area contributed by atoms with E-state index in [9.17, 15) is 4.79 Å². The molecular formula is C26H27BrCl2N2O3. The minimum atomic E-state index is 0.000629. The summed E-state index contributed by atoms with van der Waals surface area (Å²) >= 11 is 15.8. The van der Waals surface area contributed by atoms with Crippen molar-refractivity contribution in [3.8, 4) is 11.5 Å². The van der Waals surface area contributed by atoms with Crippen LogP contribution in [0.15, 0.2) is 59.1 Å². The molecule has 2 N–H and O–H groups in total. The van der Waals surface area contributed by atoms with Crippen molar-refractivity contribution in [1.82, 2.24) is 0 Å². The van der Waals surface area contributed by atoms with Gasteiger partial charge in [-0.1, -0.05) is 65.1 Å². The van der Waals surface area contributed by atoms with E-state index in [4.69, 9.17) is 32.7 Å². The zero-order valence-corrected chi connectivity index (χ0v) is 22.4. The minimum Gasteiger partial charge on any atom is -0.493 e. The molecule has 0 bridgehead atoms. The van der Waals surface area contributed by atoms with Gasteiger partial charge in [-0.15, -0.1) is 0 Å². The number of carbonyl (C=O) groups excluding carboxylic acids is 1. The summed E-state index contributed by atoms with van der Waals surface area (Å²) < 4.78 is 12.6. The first kappa shape index (κ1) is 26.2. The average Bonchev–Trinajstić information content (AvgIpc) is 2.79. The van der Waals surface area contributed by atoms with Gasteiger partial charge in [-0.05, 0) is 53.9 Å². The third kappa shape index (κ3) is 7.29. The average molecular weight is 566 g/mol. The van der Waals surface area contributed by atoms with Crippen LogP contribution >= 0.6 is 39.1 Å². The first-order valence-corrected chi connectivity index (χ1v) is 12.4. The fourth-order valence-corrected chi connectivity index (χ4v) is 4.10. The van der Waals surface area contributed by atoms with E-state index in [1.807, 2.05) is 56.3 Å². The molecule has 180 valence electrons. The van der Waals surface area contributed by atoms with Gasteiger partial charge in [0.15, 0.2) is 11.5 Å². The summed E-state index contributed by atoms with van der Waals surface area (Å²) in [6.07, 6.45) is 0.480. The molecule has 0 aliphatic carbocycles. The summed E-state index contributed by atoms with van der Waals surface area (Å²) in [5.74, 6) is 1.54. The van der Waals surface area contributed by atoms with E-state index in [2.05, 4.69) is 26.6 Å². The SMILES string of the molecule is COc1ccc(Br)c(CNc2cccc(NC(=O)CC(C)C)c2)c1OCc1ccc(Cl)c(Cl)c1. The van der Waals surface area contributed by atoms with Crippen LogP contribution in [0.4, 0.5) is 11.4 Å². The largest absolute Gasteiger partial charge is 0.493 e. The Labute approximate surface area is 218 Å². The summed E-state index contributed by atoms with van der Waals surface area (Å²) in [5, 5.41) is 7.33. The monoisotopic (exact) mass is 564 g/mol. The second kappa shape index (κ2) is 12.3. The van der Waals surface area contributed by atoms with Gasteiger partial charge in [0.2, 0.25) is 5.91 Å². The summed E-state index contributed by atoms with van der Waals surface area (Å²) in [5.41, 5.74) is 3.40. The highest BCUT2D eigenvalue weighted by Crippen LogP contribution is 2.37. The van der Waals surface area contributed by atoms with E-state index < -0.39 is 0 Å². The van der Waals surface area contributed by atoms with Gasteiger partial charge >= 0.3 is 0 Å². The number of halogens is 3. The predicted octanol–water partition coefficient (Wildman–Crippen LogP) is 7.94. The number of anilines is 2. The lowest BCUT2D eigenvalue weighted by atomic mass is 10.1. The van der Waals surface area contributed by atoms with Crippen LogP contribution < -0.4 is 20.1 Å². The molecule has 0 aromatic heterocycles. The van der Waals surface area contributed by atoms with Gasteiger partial charge in [0.25, 0.3) is 0 Å². The highest BCUT2D eigenvalue weighted by molar-refractivity contribution is 9.10. The molecular weight excluding hydrogens is 539 g/mol. The van der Waals surface area contributed by atoms with Crippen LogP contribution in [0.3, 0.4) is 0 Å². The van der Waals surface area contributed by atoms with Crippen molar-refractivity contribution < 1.29 is 14.3 Å². The molecule has 3 rings (SSSR count). The first-order valence-electron chi connectivity index (χ1n) is 10.8. The van der Waals surface area contributed by atoms with Crippen LogP contribution in [0.25, 0.3) is 0 Å². The maximum absolute atomic E-state index is 12.1. The number of nitrogens with one attached hydrogen (secondary N) is 2. The van der Waals surface area contributed by atoms with E-state index in [0.29, 0.717) is 47.0 Å². The van der Waals surface area contributed by atoms with Crippen LogP contribution in [0.2, 0.25) is 10.0 Å². The number of methoxy groups -OCH3 is 1. The van der Waals surface area contributed by atoms with Gasteiger partial charge < -0.3 is 20.1 Å². The molecule has 0 unspecified atom stereocenters. The van der Waals surface area contributed by atoms with E-state index in [0.717, 1.165) is 27.0 Å². The highest BCUT2D eigenvalue weighted by atomic mass is 79.9. The van der Waals surface area contributed by atoms with E-state index in [-0.39, 0.29) is 5.91 Å². The summed E-state index contributed by atoms with van der Waals surface area (Å²) in [4.78, 5) is 12.1. The molecule has 3 aromatic rings. The van der Waals surface area contributed by atoms with Crippen molar-refractivity contribution >= 4 is 56.4 Å². The van der Waals surface area contributed by atoms with Crippen LogP contribution in [-0.4, -0.2) is 13.0 Å². The van der Waals surface area contributed by atoms with Gasteiger partial charge in [-0.3, -0.25) is 4.79 Å². The summed E-state index contributed by atoms with van der Waals surface area (Å²) in [6.45, 7) is 4.81. The van der Waals surface area contributed by atoms with E-state index in [1.165, 1.54) is 0 Å². The molecule has 5 nitrogen and oxygen atoms in total. The van der Waals surface area contributed by atoms with Gasteiger partial charge in [0.05, 0.1) is 17.2 Å². The number of hydrogen-bond donors (Lipinski definition) is 2. The van der Waals surface area contributed by atoms with Gasteiger partial charge in [0.1, 0.15) is 6.61 Å². The van der Waals surface area contributed by atoms with Crippen LogP contribution in [0, 0.1) is 5.92 Å². The number of rotatable bonds is 10. The topological polar surface area (TPSA) is 59.6 Å². The molecule has 0 aliphatic heterocycles. The number of hydrogen-bond acceptors (Lipinski definition) is 4. The third-order valence-corrected chi connectivity index (χ3v) is 6.45. The molecule has 0 radical (unpaired) electrons. The summed E-state index contributed by atoms with van der Waals surface area (Å²) in [6, 6.07) is 16.8. The van der Waals surface area contributed by atoms with Gasteiger partial charge in [-0.25, -0.2) is 0 Å². The number of ether oxygens (including phenoxy) is 2. The Morgan fingerprint density at radius 3 is 2.50 bits per heavy atom. The first-order chi connectivity index (χ1) is 16.3. The Morgan fingerprint density at radius 2 is 1.79 bits per heavy atom. The molecule has 0 heterocycles. The fraction of sp³-hybridized carbons (Fsp3) is 0.269. The Balaban J connectivity index is 1.76. The van der Waals surface area contributed by atoms with Crippen molar-refractivity contribution in [2.24, 2.45) is 5.92 Å². The summed E-state index contributed by atoms with van der Waals surface area (Å²) in [7, 11) is 1.61. The van der Waals surface area contributed by atoms with Crippen LogP contribution in [-0.2, 0) is 17.9 Å². The van der Waals surface area contributed by atoms with E-state index in [1.54, 1.807) is 19.2 Å². The molecule has 8 heteroatoms. The van der Waals surface area contributed by atoms with Crippen molar-refractivity contribution in [3.63, 3.8) is 0 Å². The van der Waals surface area contributed by atoms with Crippen molar-refractivity contribution in [2.75, 3.05) is 17.7 Å². The predicted molar refractivity (Wildman–Crippen MR) is 143 cm³/mol.